The molecule has 1 N–H and O–H groups in total. The molecule has 16 heavy (non-hydrogen) atoms. The molecule has 0 spiro atoms. The molecule has 0 aromatic heterocycles. The Balaban J connectivity index is 1.63. The van der Waals surface area contributed by atoms with Crippen molar-refractivity contribution in [2.24, 2.45) is 5.92 Å². The van der Waals surface area contributed by atoms with Crippen LogP contribution in [0, 0.1) is 11.7 Å². The van der Waals surface area contributed by atoms with Crippen LogP contribution in [0.2, 0.25) is 0 Å². The van der Waals surface area contributed by atoms with Gasteiger partial charge in [-0.1, -0.05) is 6.07 Å². The predicted octanol–water partition coefficient (Wildman–Crippen LogP) is 2.59. The molecule has 3 heteroatoms. The number of ether oxygens (including phenoxy) is 1. The highest BCUT2D eigenvalue weighted by Crippen LogP contribution is 2.32. The van der Waals surface area contributed by atoms with Crippen LogP contribution in [0.15, 0.2) is 24.3 Å². The van der Waals surface area contributed by atoms with Gasteiger partial charge in [-0.2, -0.15) is 0 Å². The largest absolute Gasteiger partial charge is 0.492 e. The maximum Gasteiger partial charge on any atom is 0.126 e. The number of hydrogen-bond donors (Lipinski definition) is 1. The van der Waals surface area contributed by atoms with Crippen molar-refractivity contribution in [2.75, 3.05) is 13.2 Å². The molecule has 1 aromatic carbocycles. The number of hydrogen-bond acceptors (Lipinski definition) is 2. The number of nitrogens with one attached hydrogen (secondary N) is 1. The van der Waals surface area contributed by atoms with Gasteiger partial charge in [-0.05, 0) is 37.8 Å². The zero-order valence-electron chi connectivity index (χ0n) is 9.58. The van der Waals surface area contributed by atoms with Crippen molar-refractivity contribution in [1.29, 1.82) is 0 Å². The van der Waals surface area contributed by atoms with Crippen molar-refractivity contribution in [3.05, 3.63) is 30.1 Å². The summed E-state index contributed by atoms with van der Waals surface area (Å²) in [5.74, 6) is 1.20. The van der Waals surface area contributed by atoms with Gasteiger partial charge in [0.05, 0.1) is 0 Å². The van der Waals surface area contributed by atoms with E-state index in [0.29, 0.717) is 18.4 Å². The van der Waals surface area contributed by atoms with Crippen molar-refractivity contribution in [1.82, 2.24) is 5.32 Å². The quantitative estimate of drug-likeness (QED) is 0.748. The predicted molar refractivity (Wildman–Crippen MR) is 62.1 cm³/mol. The summed E-state index contributed by atoms with van der Waals surface area (Å²) in [6.45, 7) is 3.61. The molecule has 2 rings (SSSR count). The standard InChI is InChI=1S/C13H18FNO/c1-10(11-5-6-11)15-7-8-16-13-4-2-3-12(14)9-13/h2-4,9-11,15H,5-8H2,1H3. The topological polar surface area (TPSA) is 21.3 Å². The highest BCUT2D eigenvalue weighted by atomic mass is 19.1. The lowest BCUT2D eigenvalue weighted by atomic mass is 10.2. The average molecular weight is 223 g/mol. The number of benzene rings is 1. The van der Waals surface area contributed by atoms with Crippen LogP contribution in [0.25, 0.3) is 0 Å². The van der Waals surface area contributed by atoms with E-state index < -0.39 is 0 Å². The normalized spacial score (nSPS) is 17.1. The summed E-state index contributed by atoms with van der Waals surface area (Å²) >= 11 is 0. The van der Waals surface area contributed by atoms with Crippen LogP contribution >= 0.6 is 0 Å². The zero-order valence-corrected chi connectivity index (χ0v) is 9.58. The zero-order chi connectivity index (χ0) is 11.4. The molecule has 0 amide bonds. The summed E-state index contributed by atoms with van der Waals surface area (Å²) in [7, 11) is 0. The van der Waals surface area contributed by atoms with Crippen molar-refractivity contribution in [2.45, 2.75) is 25.8 Å². The average Bonchev–Trinajstić information content (AvgIpc) is 3.08. The molecule has 0 bridgehead atoms. The first-order valence-electron chi connectivity index (χ1n) is 5.87. The van der Waals surface area contributed by atoms with Gasteiger partial charge in [-0.25, -0.2) is 4.39 Å². The monoisotopic (exact) mass is 223 g/mol. The first kappa shape index (κ1) is 11.4. The SMILES string of the molecule is CC(NCCOc1cccc(F)c1)C1CC1. The van der Waals surface area contributed by atoms with E-state index in [9.17, 15) is 4.39 Å². The third-order valence-corrected chi connectivity index (χ3v) is 2.96. The van der Waals surface area contributed by atoms with E-state index in [1.54, 1.807) is 12.1 Å². The molecular formula is C13H18FNO. The fourth-order valence-electron chi connectivity index (χ4n) is 1.78. The molecule has 0 saturated heterocycles. The van der Waals surface area contributed by atoms with Crippen LogP contribution in [0.3, 0.4) is 0 Å². The Bertz CT molecular complexity index is 338. The molecule has 1 atom stereocenters. The van der Waals surface area contributed by atoms with Gasteiger partial charge in [0.15, 0.2) is 0 Å². The van der Waals surface area contributed by atoms with Gasteiger partial charge in [0, 0.05) is 18.7 Å². The lowest BCUT2D eigenvalue weighted by Gasteiger charge is -2.13. The molecule has 1 saturated carbocycles. The summed E-state index contributed by atoms with van der Waals surface area (Å²) in [5, 5.41) is 3.41. The lowest BCUT2D eigenvalue weighted by molar-refractivity contribution is 0.302. The third kappa shape index (κ3) is 3.49. The molecule has 1 fully saturated rings. The highest BCUT2D eigenvalue weighted by Gasteiger charge is 2.27. The van der Waals surface area contributed by atoms with Crippen LogP contribution in [-0.2, 0) is 0 Å². The van der Waals surface area contributed by atoms with Crippen molar-refractivity contribution in [3.63, 3.8) is 0 Å². The summed E-state index contributed by atoms with van der Waals surface area (Å²) in [5.41, 5.74) is 0. The van der Waals surface area contributed by atoms with E-state index in [4.69, 9.17) is 4.74 Å². The van der Waals surface area contributed by atoms with Gasteiger partial charge < -0.3 is 10.1 Å². The van der Waals surface area contributed by atoms with Gasteiger partial charge in [0.2, 0.25) is 0 Å². The van der Waals surface area contributed by atoms with Crippen LogP contribution < -0.4 is 10.1 Å². The summed E-state index contributed by atoms with van der Waals surface area (Å²) in [6, 6.07) is 6.83. The second-order valence-electron chi connectivity index (χ2n) is 4.39. The van der Waals surface area contributed by atoms with E-state index in [1.807, 2.05) is 0 Å². The van der Waals surface area contributed by atoms with Crippen molar-refractivity contribution in [3.8, 4) is 5.75 Å². The second kappa shape index (κ2) is 5.30. The highest BCUT2D eigenvalue weighted by molar-refractivity contribution is 5.22. The maximum atomic E-state index is 12.8. The van der Waals surface area contributed by atoms with Gasteiger partial charge >= 0.3 is 0 Å². The molecule has 0 aliphatic heterocycles. The van der Waals surface area contributed by atoms with Crippen molar-refractivity contribution >= 4 is 0 Å². The minimum atomic E-state index is -0.253. The second-order valence-corrected chi connectivity index (χ2v) is 4.39. The summed E-state index contributed by atoms with van der Waals surface area (Å²) in [4.78, 5) is 0. The first-order chi connectivity index (χ1) is 7.75. The van der Waals surface area contributed by atoms with E-state index in [2.05, 4.69) is 12.2 Å². The Morgan fingerprint density at radius 1 is 1.50 bits per heavy atom. The molecule has 1 aliphatic rings. The maximum absolute atomic E-state index is 12.8. The molecule has 0 radical (unpaired) electrons. The van der Waals surface area contributed by atoms with E-state index >= 15 is 0 Å². The lowest BCUT2D eigenvalue weighted by Crippen LogP contribution is -2.31. The van der Waals surface area contributed by atoms with Crippen LogP contribution in [0.1, 0.15) is 19.8 Å². The van der Waals surface area contributed by atoms with Crippen LogP contribution in [0.5, 0.6) is 5.75 Å². The molecule has 0 heterocycles. The molecule has 1 aliphatic carbocycles. The van der Waals surface area contributed by atoms with Gasteiger partial charge in [0.25, 0.3) is 0 Å². The van der Waals surface area contributed by atoms with E-state index in [-0.39, 0.29) is 5.82 Å². The van der Waals surface area contributed by atoms with Gasteiger partial charge in [-0.15, -0.1) is 0 Å². The Kier molecular flexibility index (Phi) is 3.78. The molecule has 88 valence electrons. The fourth-order valence-corrected chi connectivity index (χ4v) is 1.78. The molecular weight excluding hydrogens is 205 g/mol. The van der Waals surface area contributed by atoms with E-state index in [0.717, 1.165) is 12.5 Å². The molecule has 1 unspecified atom stereocenters. The van der Waals surface area contributed by atoms with Gasteiger partial charge in [0.1, 0.15) is 18.2 Å². The Morgan fingerprint density at radius 3 is 3.00 bits per heavy atom. The minimum absolute atomic E-state index is 0.253. The Morgan fingerprint density at radius 2 is 2.31 bits per heavy atom. The summed E-state index contributed by atoms with van der Waals surface area (Å²) < 4.78 is 18.3. The molecule has 2 nitrogen and oxygen atoms in total. The first-order valence-corrected chi connectivity index (χ1v) is 5.87. The van der Waals surface area contributed by atoms with E-state index in [1.165, 1.54) is 25.0 Å². The number of halogens is 1. The molecule has 1 aromatic rings. The smallest absolute Gasteiger partial charge is 0.126 e. The third-order valence-electron chi connectivity index (χ3n) is 2.96. The van der Waals surface area contributed by atoms with Gasteiger partial charge in [-0.3, -0.25) is 0 Å². The van der Waals surface area contributed by atoms with Crippen LogP contribution in [-0.4, -0.2) is 19.2 Å². The number of rotatable bonds is 6. The van der Waals surface area contributed by atoms with Crippen molar-refractivity contribution < 1.29 is 9.13 Å². The fraction of sp³-hybridized carbons (Fsp3) is 0.538. The Labute approximate surface area is 95.8 Å². The summed E-state index contributed by atoms with van der Waals surface area (Å²) in [6.07, 6.45) is 2.69. The minimum Gasteiger partial charge on any atom is -0.492 e. The Hall–Kier alpha value is -1.09. The van der Waals surface area contributed by atoms with Crippen LogP contribution in [0.4, 0.5) is 4.39 Å².